The highest BCUT2D eigenvalue weighted by molar-refractivity contribution is 5.69. The number of carbonyl (C=O) groups excluding carboxylic acids is 2. The summed E-state index contributed by atoms with van der Waals surface area (Å²) in [5.74, 6) is 0.513. The van der Waals surface area contributed by atoms with Crippen molar-refractivity contribution in [3.05, 3.63) is 0 Å². The Bertz CT molecular complexity index is 536. The van der Waals surface area contributed by atoms with Crippen molar-refractivity contribution in [2.75, 3.05) is 32.8 Å². The van der Waals surface area contributed by atoms with Crippen molar-refractivity contribution >= 4 is 12.1 Å². The molecule has 0 rings (SSSR count). The largest absolute Gasteiger partial charge is 0.508 e. The van der Waals surface area contributed by atoms with E-state index in [4.69, 9.17) is 14.2 Å². The molecular weight excluding hydrogens is 478 g/mol. The van der Waals surface area contributed by atoms with Crippen molar-refractivity contribution in [2.45, 2.75) is 156 Å². The molecular formula is C32H63NO5. The van der Waals surface area contributed by atoms with E-state index >= 15 is 0 Å². The van der Waals surface area contributed by atoms with E-state index in [2.05, 4.69) is 39.5 Å². The van der Waals surface area contributed by atoms with E-state index in [9.17, 15) is 9.59 Å². The molecule has 6 nitrogen and oxygen atoms in total. The lowest BCUT2D eigenvalue weighted by Gasteiger charge is -2.19. The fourth-order valence-corrected chi connectivity index (χ4v) is 4.62. The summed E-state index contributed by atoms with van der Waals surface area (Å²) in [6.07, 6.45) is 18.5. The van der Waals surface area contributed by atoms with E-state index in [0.29, 0.717) is 32.0 Å². The summed E-state index contributed by atoms with van der Waals surface area (Å²) in [4.78, 5) is 26.7. The molecule has 0 amide bonds. The van der Waals surface area contributed by atoms with Gasteiger partial charge in [0.2, 0.25) is 0 Å². The smallest absolute Gasteiger partial charge is 0.466 e. The zero-order valence-electron chi connectivity index (χ0n) is 25.9. The summed E-state index contributed by atoms with van der Waals surface area (Å²) in [5, 5.41) is 0. The van der Waals surface area contributed by atoms with E-state index in [1.165, 1.54) is 51.4 Å². The second kappa shape index (κ2) is 27.3. The molecule has 0 aliphatic heterocycles. The zero-order chi connectivity index (χ0) is 28.3. The first-order chi connectivity index (χ1) is 18.4. The molecule has 38 heavy (non-hydrogen) atoms. The SMILES string of the molecule is CCCCCCCCCCCCC(CCOC(=O)CCCCC(C)C)OC(=O)OCCCCN(CC)CC. The standard InChI is InChI=1S/C32H63NO5/c1-6-9-10-11-12-13-14-15-16-17-23-30(25-28-36-31(34)24-19-18-22-29(4)5)38-32(35)37-27-21-20-26-33(7-2)8-3/h29-30H,6-28H2,1-5H3. The lowest BCUT2D eigenvalue weighted by Crippen LogP contribution is -2.24. The van der Waals surface area contributed by atoms with Crippen molar-refractivity contribution in [1.29, 1.82) is 0 Å². The van der Waals surface area contributed by atoms with Gasteiger partial charge in [0.05, 0.1) is 13.2 Å². The van der Waals surface area contributed by atoms with Gasteiger partial charge in [0.25, 0.3) is 0 Å². The van der Waals surface area contributed by atoms with Gasteiger partial charge in [0.15, 0.2) is 0 Å². The second-order valence-corrected chi connectivity index (χ2v) is 11.2. The molecule has 0 bridgehead atoms. The molecule has 0 aromatic rings. The maximum atomic E-state index is 12.3. The van der Waals surface area contributed by atoms with Crippen molar-refractivity contribution in [2.24, 2.45) is 5.92 Å². The van der Waals surface area contributed by atoms with Gasteiger partial charge < -0.3 is 19.1 Å². The van der Waals surface area contributed by atoms with Gasteiger partial charge in [0.1, 0.15) is 6.10 Å². The number of carbonyl (C=O) groups is 2. The molecule has 0 saturated heterocycles. The van der Waals surface area contributed by atoms with Crippen LogP contribution >= 0.6 is 0 Å². The highest BCUT2D eigenvalue weighted by Gasteiger charge is 2.17. The van der Waals surface area contributed by atoms with Crippen LogP contribution in [0.25, 0.3) is 0 Å². The molecule has 0 aromatic heterocycles. The highest BCUT2D eigenvalue weighted by Crippen LogP contribution is 2.16. The molecule has 0 fully saturated rings. The summed E-state index contributed by atoms with van der Waals surface area (Å²) in [6.45, 7) is 14.8. The minimum Gasteiger partial charge on any atom is -0.466 e. The molecule has 6 heteroatoms. The molecule has 0 aliphatic rings. The van der Waals surface area contributed by atoms with E-state index < -0.39 is 6.16 Å². The number of unbranched alkanes of at least 4 members (excludes halogenated alkanes) is 11. The zero-order valence-corrected chi connectivity index (χ0v) is 25.9. The van der Waals surface area contributed by atoms with Crippen LogP contribution in [-0.2, 0) is 19.0 Å². The van der Waals surface area contributed by atoms with Crippen LogP contribution in [0.1, 0.15) is 150 Å². The Morgan fingerprint density at radius 1 is 0.632 bits per heavy atom. The molecule has 0 saturated carbocycles. The van der Waals surface area contributed by atoms with Crippen molar-refractivity contribution in [3.63, 3.8) is 0 Å². The lowest BCUT2D eigenvalue weighted by molar-refractivity contribution is -0.144. The maximum Gasteiger partial charge on any atom is 0.508 e. The highest BCUT2D eigenvalue weighted by atomic mass is 16.7. The second-order valence-electron chi connectivity index (χ2n) is 11.2. The first-order valence-electron chi connectivity index (χ1n) is 16.1. The molecule has 0 spiro atoms. The van der Waals surface area contributed by atoms with Crippen molar-refractivity contribution in [3.8, 4) is 0 Å². The van der Waals surface area contributed by atoms with Crippen molar-refractivity contribution in [1.82, 2.24) is 4.90 Å². The number of rotatable bonds is 27. The Balaban J connectivity index is 4.27. The van der Waals surface area contributed by atoms with Crippen LogP contribution in [0.4, 0.5) is 4.79 Å². The fourth-order valence-electron chi connectivity index (χ4n) is 4.62. The Hall–Kier alpha value is -1.30. The minimum absolute atomic E-state index is 0.151. The van der Waals surface area contributed by atoms with Gasteiger partial charge >= 0.3 is 12.1 Å². The molecule has 1 unspecified atom stereocenters. The van der Waals surface area contributed by atoms with Crippen LogP contribution in [0.3, 0.4) is 0 Å². The number of hydrogen-bond donors (Lipinski definition) is 0. The van der Waals surface area contributed by atoms with Crippen LogP contribution in [0.15, 0.2) is 0 Å². The summed E-state index contributed by atoms with van der Waals surface area (Å²) in [5.41, 5.74) is 0. The van der Waals surface area contributed by atoms with Crippen molar-refractivity contribution < 1.29 is 23.8 Å². The predicted molar refractivity (Wildman–Crippen MR) is 159 cm³/mol. The van der Waals surface area contributed by atoms with Crippen LogP contribution in [0.5, 0.6) is 0 Å². The number of nitrogens with zero attached hydrogens (tertiary/aromatic N) is 1. The van der Waals surface area contributed by atoms with E-state index in [1.54, 1.807) is 0 Å². The Morgan fingerprint density at radius 3 is 1.84 bits per heavy atom. The molecule has 0 N–H and O–H groups in total. The average molecular weight is 542 g/mol. The van der Waals surface area contributed by atoms with Gasteiger partial charge in [0, 0.05) is 12.8 Å². The summed E-state index contributed by atoms with van der Waals surface area (Å²) in [6, 6.07) is 0. The Kier molecular flexibility index (Phi) is 26.3. The number of ether oxygens (including phenoxy) is 3. The van der Waals surface area contributed by atoms with E-state index in [1.807, 2.05) is 0 Å². The third-order valence-electron chi connectivity index (χ3n) is 7.24. The fraction of sp³-hybridized carbons (Fsp3) is 0.938. The Labute approximate surface area is 235 Å². The molecule has 0 radical (unpaired) electrons. The predicted octanol–water partition coefficient (Wildman–Crippen LogP) is 9.09. The molecule has 0 aromatic carbocycles. The van der Waals surface area contributed by atoms with E-state index in [-0.39, 0.29) is 12.1 Å². The quantitative estimate of drug-likeness (QED) is 0.0763. The monoisotopic (exact) mass is 541 g/mol. The van der Waals surface area contributed by atoms with Crippen LogP contribution < -0.4 is 0 Å². The minimum atomic E-state index is -0.593. The maximum absolute atomic E-state index is 12.3. The van der Waals surface area contributed by atoms with Gasteiger partial charge in [-0.15, -0.1) is 0 Å². The first kappa shape index (κ1) is 36.7. The average Bonchev–Trinajstić information content (AvgIpc) is 2.89. The lowest BCUT2D eigenvalue weighted by atomic mass is 10.0. The number of hydrogen-bond acceptors (Lipinski definition) is 6. The molecule has 0 aliphatic carbocycles. The molecule has 1 atom stereocenters. The normalized spacial score (nSPS) is 12.2. The summed E-state index contributed by atoms with van der Waals surface area (Å²) < 4.78 is 16.4. The summed E-state index contributed by atoms with van der Waals surface area (Å²) >= 11 is 0. The topological polar surface area (TPSA) is 65.1 Å². The van der Waals surface area contributed by atoms with Crippen LogP contribution in [0, 0.1) is 5.92 Å². The number of esters is 1. The van der Waals surface area contributed by atoms with E-state index in [0.717, 1.165) is 71.0 Å². The van der Waals surface area contributed by atoms with Gasteiger partial charge in [-0.1, -0.05) is 105 Å². The third kappa shape index (κ3) is 25.0. The van der Waals surface area contributed by atoms with Gasteiger partial charge in [-0.2, -0.15) is 0 Å². The molecule has 0 heterocycles. The van der Waals surface area contributed by atoms with Crippen LogP contribution in [0.2, 0.25) is 0 Å². The third-order valence-corrected chi connectivity index (χ3v) is 7.24. The van der Waals surface area contributed by atoms with Crippen LogP contribution in [-0.4, -0.2) is 56.0 Å². The van der Waals surface area contributed by atoms with Gasteiger partial charge in [-0.25, -0.2) is 4.79 Å². The molecule has 226 valence electrons. The summed E-state index contributed by atoms with van der Waals surface area (Å²) in [7, 11) is 0. The Morgan fingerprint density at radius 2 is 1.24 bits per heavy atom. The van der Waals surface area contributed by atoms with Gasteiger partial charge in [-0.05, 0) is 57.7 Å². The first-order valence-corrected chi connectivity index (χ1v) is 16.1. The van der Waals surface area contributed by atoms with Gasteiger partial charge in [-0.3, -0.25) is 4.79 Å².